The Labute approximate surface area is 130 Å². The first kappa shape index (κ1) is 13.7. The van der Waals surface area contributed by atoms with Crippen LogP contribution in [-0.2, 0) is 11.8 Å². The van der Waals surface area contributed by atoms with Crippen LogP contribution in [0.3, 0.4) is 0 Å². The summed E-state index contributed by atoms with van der Waals surface area (Å²) in [5, 5.41) is 5.83. The number of rotatable bonds is 2. The van der Waals surface area contributed by atoms with E-state index in [2.05, 4.69) is 22.9 Å². The molecule has 0 radical (unpaired) electrons. The minimum absolute atomic E-state index is 0.279. The van der Waals surface area contributed by atoms with Crippen molar-refractivity contribution >= 4 is 16.9 Å². The maximum absolute atomic E-state index is 12.5. The van der Waals surface area contributed by atoms with Gasteiger partial charge in [0.2, 0.25) is 5.91 Å². The van der Waals surface area contributed by atoms with Crippen molar-refractivity contribution in [1.82, 2.24) is 19.7 Å². The summed E-state index contributed by atoms with van der Waals surface area (Å²) in [6, 6.07) is 4.06. The molecule has 2 aliphatic rings. The Morgan fingerprint density at radius 2 is 2.23 bits per heavy atom. The average Bonchev–Trinajstić information content (AvgIpc) is 3.19. The normalized spacial score (nSPS) is 28.1. The van der Waals surface area contributed by atoms with E-state index in [9.17, 15) is 4.79 Å². The van der Waals surface area contributed by atoms with Gasteiger partial charge in [-0.25, -0.2) is 4.98 Å². The van der Waals surface area contributed by atoms with E-state index in [-0.39, 0.29) is 5.92 Å². The van der Waals surface area contributed by atoms with Gasteiger partial charge in [0.25, 0.3) is 0 Å². The van der Waals surface area contributed by atoms with E-state index in [1.807, 2.05) is 17.8 Å². The number of likely N-dealkylation sites (tertiary alicyclic amines) is 1. The fraction of sp³-hybridized carbons (Fsp3) is 0.588. The molecule has 1 saturated carbocycles. The van der Waals surface area contributed by atoms with Gasteiger partial charge in [-0.1, -0.05) is 6.92 Å². The lowest BCUT2D eigenvalue weighted by atomic mass is 9.93. The number of hydrogen-bond acceptors (Lipinski definition) is 3. The molecule has 1 aliphatic carbocycles. The summed E-state index contributed by atoms with van der Waals surface area (Å²) in [5.41, 5.74) is 2.03. The second-order valence-electron chi connectivity index (χ2n) is 6.83. The summed E-state index contributed by atoms with van der Waals surface area (Å²) in [7, 11) is 1.94. The Morgan fingerprint density at radius 1 is 1.41 bits per heavy atom. The van der Waals surface area contributed by atoms with E-state index in [4.69, 9.17) is 5.10 Å². The molecule has 1 aliphatic heterocycles. The average molecular weight is 298 g/mol. The largest absolute Gasteiger partial charge is 0.342 e. The first-order valence-corrected chi connectivity index (χ1v) is 8.21. The molecule has 2 fully saturated rings. The van der Waals surface area contributed by atoms with Crippen LogP contribution >= 0.6 is 0 Å². The number of aryl methyl sites for hydroxylation is 1. The predicted molar refractivity (Wildman–Crippen MR) is 84.3 cm³/mol. The summed E-state index contributed by atoms with van der Waals surface area (Å²) < 4.78 is 1.86. The number of hydrogen-bond donors (Lipinski definition) is 0. The van der Waals surface area contributed by atoms with Gasteiger partial charge in [0.05, 0.1) is 5.69 Å². The van der Waals surface area contributed by atoms with Crippen LogP contribution in [0.15, 0.2) is 18.3 Å². The highest BCUT2D eigenvalue weighted by molar-refractivity contribution is 5.82. The zero-order valence-electron chi connectivity index (χ0n) is 13.2. The molecule has 0 aromatic carbocycles. The van der Waals surface area contributed by atoms with Crippen molar-refractivity contribution in [1.29, 1.82) is 0 Å². The number of amides is 1. The molecule has 4 rings (SSSR count). The summed E-state index contributed by atoms with van der Waals surface area (Å²) in [6.07, 6.45) is 5.04. The Balaban J connectivity index is 1.60. The Bertz CT molecular complexity index is 723. The molecule has 5 nitrogen and oxygen atoms in total. The highest BCUT2D eigenvalue weighted by atomic mass is 16.2. The van der Waals surface area contributed by atoms with Crippen LogP contribution in [0, 0.1) is 11.8 Å². The van der Waals surface area contributed by atoms with E-state index < -0.39 is 0 Å². The second-order valence-corrected chi connectivity index (χ2v) is 6.83. The topological polar surface area (TPSA) is 51.0 Å². The van der Waals surface area contributed by atoms with E-state index in [0.29, 0.717) is 17.7 Å². The van der Waals surface area contributed by atoms with Crippen molar-refractivity contribution in [2.24, 2.45) is 18.9 Å². The Kier molecular flexibility index (Phi) is 3.17. The number of piperidine rings is 1. The lowest BCUT2D eigenvalue weighted by Gasteiger charge is -2.32. The standard InChI is InChI=1S/C17H22N4O/c1-11-9-14(11)17(22)21-8-4-5-12(10-21)15-13-6-3-7-18-16(13)20(2)19-15/h3,6-7,11-12,14H,4-5,8-10H2,1-2H3/t11-,12+,14+/m1/s1. The van der Waals surface area contributed by atoms with Crippen molar-refractivity contribution < 1.29 is 4.79 Å². The quantitative estimate of drug-likeness (QED) is 0.855. The summed E-state index contributed by atoms with van der Waals surface area (Å²) in [4.78, 5) is 19.0. The van der Waals surface area contributed by atoms with Gasteiger partial charge in [-0.3, -0.25) is 9.48 Å². The molecule has 22 heavy (non-hydrogen) atoms. The zero-order valence-corrected chi connectivity index (χ0v) is 13.2. The monoisotopic (exact) mass is 298 g/mol. The van der Waals surface area contributed by atoms with Crippen LogP contribution in [0.4, 0.5) is 0 Å². The summed E-state index contributed by atoms with van der Waals surface area (Å²) >= 11 is 0. The fourth-order valence-electron chi connectivity index (χ4n) is 3.72. The molecule has 116 valence electrons. The Hall–Kier alpha value is -1.91. The second kappa shape index (κ2) is 5.07. The first-order valence-electron chi connectivity index (χ1n) is 8.21. The molecular weight excluding hydrogens is 276 g/mol. The number of carbonyl (C=O) groups excluding carboxylic acids is 1. The highest BCUT2D eigenvalue weighted by Gasteiger charge is 2.42. The van der Waals surface area contributed by atoms with Crippen molar-refractivity contribution in [2.75, 3.05) is 13.1 Å². The van der Waals surface area contributed by atoms with Crippen molar-refractivity contribution in [3.8, 4) is 0 Å². The molecule has 1 saturated heterocycles. The van der Waals surface area contributed by atoms with Crippen molar-refractivity contribution in [3.05, 3.63) is 24.0 Å². The molecule has 2 aromatic heterocycles. The maximum atomic E-state index is 12.5. The molecule has 0 unspecified atom stereocenters. The van der Waals surface area contributed by atoms with Crippen LogP contribution in [0.25, 0.3) is 11.0 Å². The van der Waals surface area contributed by atoms with Gasteiger partial charge in [0.1, 0.15) is 0 Å². The van der Waals surface area contributed by atoms with Crippen LogP contribution in [0.2, 0.25) is 0 Å². The van der Waals surface area contributed by atoms with Gasteiger partial charge in [0.15, 0.2) is 5.65 Å². The summed E-state index contributed by atoms with van der Waals surface area (Å²) in [5.74, 6) is 1.55. The zero-order chi connectivity index (χ0) is 15.3. The van der Waals surface area contributed by atoms with Gasteiger partial charge in [0, 0.05) is 43.6 Å². The third-order valence-electron chi connectivity index (χ3n) is 5.17. The number of nitrogens with zero attached hydrogens (tertiary/aromatic N) is 4. The summed E-state index contributed by atoms with van der Waals surface area (Å²) in [6.45, 7) is 3.88. The van der Waals surface area contributed by atoms with Gasteiger partial charge in [-0.2, -0.15) is 5.10 Å². The van der Waals surface area contributed by atoms with E-state index in [1.165, 1.54) is 0 Å². The van der Waals surface area contributed by atoms with Crippen LogP contribution in [0.1, 0.15) is 37.8 Å². The third-order valence-corrected chi connectivity index (χ3v) is 5.17. The molecule has 0 N–H and O–H groups in total. The van der Waals surface area contributed by atoms with Gasteiger partial charge in [-0.05, 0) is 37.3 Å². The van der Waals surface area contributed by atoms with Crippen molar-refractivity contribution in [3.63, 3.8) is 0 Å². The molecule has 0 bridgehead atoms. The van der Waals surface area contributed by atoms with Crippen LogP contribution < -0.4 is 0 Å². The maximum Gasteiger partial charge on any atom is 0.225 e. The number of fused-ring (bicyclic) bond motifs is 1. The molecule has 3 heterocycles. The number of aromatic nitrogens is 3. The molecule has 5 heteroatoms. The van der Waals surface area contributed by atoms with Gasteiger partial charge >= 0.3 is 0 Å². The minimum atomic E-state index is 0.279. The van der Waals surface area contributed by atoms with Crippen LogP contribution in [0.5, 0.6) is 0 Å². The molecule has 0 spiro atoms. The molecular formula is C17H22N4O. The molecule has 1 amide bonds. The lowest BCUT2D eigenvalue weighted by molar-refractivity contribution is -0.134. The lowest BCUT2D eigenvalue weighted by Crippen LogP contribution is -2.40. The number of pyridine rings is 1. The number of carbonyl (C=O) groups is 1. The van der Waals surface area contributed by atoms with Crippen LogP contribution in [-0.4, -0.2) is 38.7 Å². The van der Waals surface area contributed by atoms with Gasteiger partial charge in [-0.15, -0.1) is 0 Å². The molecule has 2 aromatic rings. The molecule has 3 atom stereocenters. The highest BCUT2D eigenvalue weighted by Crippen LogP contribution is 2.40. The third kappa shape index (κ3) is 2.19. The van der Waals surface area contributed by atoms with E-state index in [1.54, 1.807) is 6.20 Å². The van der Waals surface area contributed by atoms with E-state index in [0.717, 1.165) is 49.1 Å². The smallest absolute Gasteiger partial charge is 0.225 e. The predicted octanol–water partition coefficient (Wildman–Crippen LogP) is 2.33. The Morgan fingerprint density at radius 3 is 3.00 bits per heavy atom. The fourth-order valence-corrected chi connectivity index (χ4v) is 3.72. The minimum Gasteiger partial charge on any atom is -0.342 e. The van der Waals surface area contributed by atoms with Gasteiger partial charge < -0.3 is 4.90 Å². The van der Waals surface area contributed by atoms with Crippen molar-refractivity contribution in [2.45, 2.75) is 32.1 Å². The van der Waals surface area contributed by atoms with E-state index >= 15 is 0 Å². The first-order chi connectivity index (χ1) is 10.6. The SMILES string of the molecule is C[C@@H]1C[C@@H]1C(=O)N1CCC[C@H](c2nn(C)c3ncccc23)C1.